The van der Waals surface area contributed by atoms with Crippen LogP contribution < -0.4 is 0 Å². The van der Waals surface area contributed by atoms with Gasteiger partial charge in [-0.2, -0.15) is 0 Å². The lowest BCUT2D eigenvalue weighted by Gasteiger charge is -2.03. The SMILES string of the molecule is O=C(/C=C/c1ccccc1C/C=C/c1ccccc1)c1ccccc1. The molecule has 0 aliphatic rings. The molecule has 0 amide bonds. The Morgan fingerprint density at radius 2 is 1.36 bits per heavy atom. The summed E-state index contributed by atoms with van der Waals surface area (Å²) in [5.74, 6) is 0.0234. The van der Waals surface area contributed by atoms with Crippen molar-refractivity contribution < 1.29 is 4.79 Å². The minimum absolute atomic E-state index is 0.0234. The van der Waals surface area contributed by atoms with Gasteiger partial charge in [-0.1, -0.05) is 103 Å². The molecule has 0 spiro atoms. The van der Waals surface area contributed by atoms with E-state index in [1.54, 1.807) is 6.08 Å². The lowest BCUT2D eigenvalue weighted by atomic mass is 10.0. The molecule has 0 aliphatic carbocycles. The number of allylic oxidation sites excluding steroid dienone is 2. The van der Waals surface area contributed by atoms with Crippen molar-refractivity contribution in [2.24, 2.45) is 0 Å². The van der Waals surface area contributed by atoms with E-state index >= 15 is 0 Å². The molecule has 0 aliphatic heterocycles. The van der Waals surface area contributed by atoms with Gasteiger partial charge < -0.3 is 0 Å². The maximum absolute atomic E-state index is 12.2. The Morgan fingerprint density at radius 3 is 2.12 bits per heavy atom. The van der Waals surface area contributed by atoms with E-state index in [2.05, 4.69) is 30.4 Å². The Bertz CT molecular complexity index is 874. The quantitative estimate of drug-likeness (QED) is 0.411. The molecule has 0 radical (unpaired) electrons. The van der Waals surface area contributed by atoms with Gasteiger partial charge in [-0.3, -0.25) is 4.79 Å². The van der Waals surface area contributed by atoms with Crippen molar-refractivity contribution in [3.05, 3.63) is 119 Å². The highest BCUT2D eigenvalue weighted by molar-refractivity contribution is 6.06. The first-order valence-electron chi connectivity index (χ1n) is 8.40. The number of hydrogen-bond donors (Lipinski definition) is 0. The number of carbonyl (C=O) groups is 1. The monoisotopic (exact) mass is 324 g/mol. The third-order valence-corrected chi connectivity index (χ3v) is 3.98. The molecule has 0 unspecified atom stereocenters. The summed E-state index contributed by atoms with van der Waals surface area (Å²) in [5, 5.41) is 0. The topological polar surface area (TPSA) is 17.1 Å². The Balaban J connectivity index is 1.71. The highest BCUT2D eigenvalue weighted by Gasteiger charge is 2.01. The molecular weight excluding hydrogens is 304 g/mol. The first-order valence-corrected chi connectivity index (χ1v) is 8.40. The minimum atomic E-state index is 0.0234. The highest BCUT2D eigenvalue weighted by Crippen LogP contribution is 2.14. The molecule has 3 aromatic carbocycles. The maximum Gasteiger partial charge on any atom is 0.185 e. The van der Waals surface area contributed by atoms with Gasteiger partial charge in [0.1, 0.15) is 0 Å². The summed E-state index contributed by atoms with van der Waals surface area (Å²) in [6.45, 7) is 0. The number of benzene rings is 3. The summed E-state index contributed by atoms with van der Waals surface area (Å²) < 4.78 is 0. The normalized spacial score (nSPS) is 11.2. The summed E-state index contributed by atoms with van der Waals surface area (Å²) in [4.78, 5) is 12.2. The maximum atomic E-state index is 12.2. The Kier molecular flexibility index (Phi) is 5.73. The predicted molar refractivity (Wildman–Crippen MR) is 105 cm³/mol. The smallest absolute Gasteiger partial charge is 0.185 e. The Hall–Kier alpha value is -3.19. The third-order valence-electron chi connectivity index (χ3n) is 3.98. The zero-order valence-electron chi connectivity index (χ0n) is 14.0. The average molecular weight is 324 g/mol. The van der Waals surface area contributed by atoms with Gasteiger partial charge in [0, 0.05) is 5.56 Å². The average Bonchev–Trinajstić information content (AvgIpc) is 2.68. The summed E-state index contributed by atoms with van der Waals surface area (Å²) >= 11 is 0. The lowest BCUT2D eigenvalue weighted by molar-refractivity contribution is 0.104. The van der Waals surface area contributed by atoms with Crippen LogP contribution in [0, 0.1) is 0 Å². The van der Waals surface area contributed by atoms with E-state index in [4.69, 9.17) is 0 Å². The fourth-order valence-electron chi connectivity index (χ4n) is 2.63. The Labute approximate surface area is 149 Å². The van der Waals surface area contributed by atoms with E-state index in [9.17, 15) is 4.79 Å². The van der Waals surface area contributed by atoms with Crippen molar-refractivity contribution in [3.63, 3.8) is 0 Å². The van der Waals surface area contributed by atoms with E-state index in [1.165, 1.54) is 11.1 Å². The van der Waals surface area contributed by atoms with Gasteiger partial charge in [0.25, 0.3) is 0 Å². The number of ketones is 1. The number of hydrogen-bond acceptors (Lipinski definition) is 1. The van der Waals surface area contributed by atoms with Crippen molar-refractivity contribution in [1.29, 1.82) is 0 Å². The highest BCUT2D eigenvalue weighted by atomic mass is 16.1. The summed E-state index contributed by atoms with van der Waals surface area (Å²) in [7, 11) is 0. The van der Waals surface area contributed by atoms with Crippen LogP contribution in [0.1, 0.15) is 27.0 Å². The van der Waals surface area contributed by atoms with E-state index in [1.807, 2.05) is 72.8 Å². The third kappa shape index (κ3) is 4.89. The first-order chi connectivity index (χ1) is 12.3. The molecule has 0 bridgehead atoms. The van der Waals surface area contributed by atoms with Crippen LogP contribution >= 0.6 is 0 Å². The van der Waals surface area contributed by atoms with Gasteiger partial charge in [-0.15, -0.1) is 0 Å². The second-order valence-electron chi connectivity index (χ2n) is 5.78. The zero-order valence-corrected chi connectivity index (χ0v) is 14.0. The van der Waals surface area contributed by atoms with Gasteiger partial charge >= 0.3 is 0 Å². The molecule has 0 N–H and O–H groups in total. The molecule has 122 valence electrons. The molecule has 1 heteroatoms. The largest absolute Gasteiger partial charge is 0.289 e. The molecule has 0 atom stereocenters. The van der Waals surface area contributed by atoms with E-state index in [0.717, 1.165) is 12.0 Å². The van der Waals surface area contributed by atoms with Gasteiger partial charge in [0.15, 0.2) is 5.78 Å². The van der Waals surface area contributed by atoms with Crippen molar-refractivity contribution in [2.75, 3.05) is 0 Å². The minimum Gasteiger partial charge on any atom is -0.289 e. The first kappa shape index (κ1) is 16.7. The molecule has 0 saturated carbocycles. The van der Waals surface area contributed by atoms with Crippen LogP contribution in [-0.2, 0) is 6.42 Å². The molecule has 25 heavy (non-hydrogen) atoms. The number of rotatable bonds is 6. The second kappa shape index (κ2) is 8.60. The van der Waals surface area contributed by atoms with Crippen molar-refractivity contribution in [1.82, 2.24) is 0 Å². The van der Waals surface area contributed by atoms with Gasteiger partial charge in [0.2, 0.25) is 0 Å². The van der Waals surface area contributed by atoms with Crippen LogP contribution in [0.2, 0.25) is 0 Å². The molecular formula is C24H20O. The summed E-state index contributed by atoms with van der Waals surface area (Å²) in [6.07, 6.45) is 8.65. The molecule has 0 aromatic heterocycles. The van der Waals surface area contributed by atoms with Crippen molar-refractivity contribution in [3.8, 4) is 0 Å². The van der Waals surface area contributed by atoms with Crippen LogP contribution in [0.15, 0.2) is 97.1 Å². The second-order valence-corrected chi connectivity index (χ2v) is 5.78. The molecule has 0 heterocycles. The van der Waals surface area contributed by atoms with Crippen molar-refractivity contribution in [2.45, 2.75) is 6.42 Å². The van der Waals surface area contributed by atoms with Crippen LogP contribution in [0.3, 0.4) is 0 Å². The van der Waals surface area contributed by atoms with Gasteiger partial charge in [0.05, 0.1) is 0 Å². The molecule has 0 saturated heterocycles. The molecule has 1 nitrogen and oxygen atoms in total. The van der Waals surface area contributed by atoms with E-state index in [0.29, 0.717) is 5.56 Å². The van der Waals surface area contributed by atoms with E-state index in [-0.39, 0.29) is 5.78 Å². The molecule has 3 aromatic rings. The predicted octanol–water partition coefficient (Wildman–Crippen LogP) is 5.84. The summed E-state index contributed by atoms with van der Waals surface area (Å²) in [5.41, 5.74) is 4.17. The van der Waals surface area contributed by atoms with Crippen molar-refractivity contribution >= 4 is 17.9 Å². The number of carbonyl (C=O) groups excluding carboxylic acids is 1. The van der Waals surface area contributed by atoms with Crippen LogP contribution in [-0.4, -0.2) is 5.78 Å². The van der Waals surface area contributed by atoms with Crippen LogP contribution in [0.25, 0.3) is 12.2 Å². The Morgan fingerprint density at radius 1 is 0.720 bits per heavy atom. The van der Waals surface area contributed by atoms with Gasteiger partial charge in [-0.05, 0) is 29.2 Å². The van der Waals surface area contributed by atoms with E-state index < -0.39 is 0 Å². The zero-order chi connectivity index (χ0) is 17.3. The fraction of sp³-hybridized carbons (Fsp3) is 0.0417. The lowest BCUT2D eigenvalue weighted by Crippen LogP contribution is -1.93. The van der Waals surface area contributed by atoms with Crippen LogP contribution in [0.4, 0.5) is 0 Å². The van der Waals surface area contributed by atoms with Crippen LogP contribution in [0.5, 0.6) is 0 Å². The molecule has 0 fully saturated rings. The summed E-state index contributed by atoms with van der Waals surface area (Å²) in [6, 6.07) is 27.8. The van der Waals surface area contributed by atoms with Gasteiger partial charge in [-0.25, -0.2) is 0 Å². The standard InChI is InChI=1S/C24H20O/c25-24(23-15-5-2-6-16-23)19-18-22-14-8-7-13-21(22)17-9-12-20-10-3-1-4-11-20/h1-16,18-19H,17H2/b12-9+,19-18+. The molecule has 3 rings (SSSR count). The fourth-order valence-corrected chi connectivity index (χ4v) is 2.63.